The first-order valence-corrected chi connectivity index (χ1v) is 14.0. The molecule has 198 valence electrons. The molecule has 4 aromatic rings. The van der Waals surface area contributed by atoms with Gasteiger partial charge in [0.25, 0.3) is 11.1 Å². The van der Waals surface area contributed by atoms with Crippen LogP contribution in [-0.2, 0) is 17.9 Å². The molecule has 0 radical (unpaired) electrons. The van der Waals surface area contributed by atoms with E-state index in [1.165, 1.54) is 4.90 Å². The topological polar surface area (TPSA) is 55.8 Å². The number of thioether (sulfide) groups is 1. The molecule has 39 heavy (non-hydrogen) atoms. The first kappa shape index (κ1) is 27.4. The fourth-order valence-corrected chi connectivity index (χ4v) is 5.68. The number of ether oxygens (including phenoxy) is 2. The van der Waals surface area contributed by atoms with Crippen LogP contribution in [0.2, 0.25) is 15.1 Å². The molecule has 0 aromatic heterocycles. The number of amides is 2. The average Bonchev–Trinajstić information content (AvgIpc) is 3.17. The van der Waals surface area contributed by atoms with Crippen LogP contribution in [0, 0.1) is 0 Å². The minimum atomic E-state index is -0.401. The minimum Gasteiger partial charge on any atom is -0.490 e. The Labute approximate surface area is 245 Å². The van der Waals surface area contributed by atoms with Crippen molar-refractivity contribution in [2.75, 3.05) is 6.61 Å². The maximum Gasteiger partial charge on any atom is 0.293 e. The fraction of sp³-hybridized carbons (Fsp3) is 0.133. The Balaban J connectivity index is 1.38. The summed E-state index contributed by atoms with van der Waals surface area (Å²) in [5.41, 5.74) is 2.33. The quantitative estimate of drug-likeness (QED) is 0.189. The number of carbonyl (C=O) groups is 2. The van der Waals surface area contributed by atoms with Gasteiger partial charge in [0.2, 0.25) is 0 Å². The highest BCUT2D eigenvalue weighted by atomic mass is 35.5. The van der Waals surface area contributed by atoms with Gasteiger partial charge in [-0.25, -0.2) is 0 Å². The van der Waals surface area contributed by atoms with E-state index in [0.717, 1.165) is 28.1 Å². The standard InChI is InChI=1S/C30H22Cl3NO4S/c1-2-37-26-14-19(13-25(33)28(26)38-17-21-8-5-7-20-6-3-4-9-22(20)21)15-27-29(35)34(30(36)39-27)16-18-10-11-23(31)24(32)12-18/h3-15H,2,16-17H2,1H3/b27-15-. The molecule has 5 nitrogen and oxygen atoms in total. The molecule has 1 aliphatic heterocycles. The van der Waals surface area contributed by atoms with E-state index >= 15 is 0 Å². The van der Waals surface area contributed by atoms with E-state index in [1.807, 2.05) is 31.2 Å². The summed E-state index contributed by atoms with van der Waals surface area (Å²) in [7, 11) is 0. The van der Waals surface area contributed by atoms with Gasteiger partial charge in [-0.15, -0.1) is 0 Å². The monoisotopic (exact) mass is 597 g/mol. The molecule has 1 aliphatic rings. The third-order valence-electron chi connectivity index (χ3n) is 6.08. The van der Waals surface area contributed by atoms with Gasteiger partial charge in [-0.3, -0.25) is 14.5 Å². The number of halogens is 3. The number of carbonyl (C=O) groups excluding carboxylic acids is 2. The molecular weight excluding hydrogens is 577 g/mol. The third-order valence-corrected chi connectivity index (χ3v) is 8.01. The van der Waals surface area contributed by atoms with Gasteiger partial charge in [-0.2, -0.15) is 0 Å². The van der Waals surface area contributed by atoms with Gasteiger partial charge in [-0.1, -0.05) is 83.3 Å². The molecule has 2 amide bonds. The molecule has 0 atom stereocenters. The highest BCUT2D eigenvalue weighted by Gasteiger charge is 2.35. The van der Waals surface area contributed by atoms with Gasteiger partial charge < -0.3 is 9.47 Å². The Hall–Kier alpha value is -3.16. The Bertz CT molecular complexity index is 1620. The van der Waals surface area contributed by atoms with Crippen molar-refractivity contribution in [3.8, 4) is 11.5 Å². The lowest BCUT2D eigenvalue weighted by Gasteiger charge is -2.15. The van der Waals surface area contributed by atoms with Crippen molar-refractivity contribution in [2.24, 2.45) is 0 Å². The van der Waals surface area contributed by atoms with Crippen LogP contribution in [0.3, 0.4) is 0 Å². The molecule has 1 saturated heterocycles. The van der Waals surface area contributed by atoms with Crippen LogP contribution in [0.25, 0.3) is 16.8 Å². The summed E-state index contributed by atoms with van der Waals surface area (Å²) in [6, 6.07) is 22.6. The van der Waals surface area contributed by atoms with E-state index in [9.17, 15) is 9.59 Å². The van der Waals surface area contributed by atoms with Crippen LogP contribution >= 0.6 is 46.6 Å². The molecular formula is C30H22Cl3NO4S. The summed E-state index contributed by atoms with van der Waals surface area (Å²) in [6.07, 6.45) is 1.63. The predicted molar refractivity (Wildman–Crippen MR) is 159 cm³/mol. The Kier molecular flexibility index (Phi) is 8.38. The number of benzene rings is 4. The maximum absolute atomic E-state index is 13.1. The van der Waals surface area contributed by atoms with Gasteiger partial charge >= 0.3 is 0 Å². The van der Waals surface area contributed by atoms with Crippen LogP contribution in [0.1, 0.15) is 23.6 Å². The molecule has 4 aromatic carbocycles. The Morgan fingerprint density at radius 3 is 2.46 bits per heavy atom. The summed E-state index contributed by atoms with van der Waals surface area (Å²) in [5.74, 6) is 0.462. The number of hydrogen-bond acceptors (Lipinski definition) is 5. The first-order chi connectivity index (χ1) is 18.8. The highest BCUT2D eigenvalue weighted by molar-refractivity contribution is 8.18. The second kappa shape index (κ2) is 11.9. The van der Waals surface area contributed by atoms with Crippen molar-refractivity contribution < 1.29 is 19.1 Å². The third kappa shape index (κ3) is 6.04. The predicted octanol–water partition coefficient (Wildman–Crippen LogP) is 9.01. The van der Waals surface area contributed by atoms with Crippen molar-refractivity contribution in [1.29, 1.82) is 0 Å². The van der Waals surface area contributed by atoms with Crippen molar-refractivity contribution in [2.45, 2.75) is 20.1 Å². The van der Waals surface area contributed by atoms with Crippen molar-refractivity contribution in [3.05, 3.63) is 109 Å². The molecule has 0 unspecified atom stereocenters. The van der Waals surface area contributed by atoms with Crippen molar-refractivity contribution >= 4 is 74.6 Å². The molecule has 1 heterocycles. The largest absolute Gasteiger partial charge is 0.490 e. The fourth-order valence-electron chi connectivity index (χ4n) is 4.25. The zero-order valence-corrected chi connectivity index (χ0v) is 23.8. The van der Waals surface area contributed by atoms with Gasteiger partial charge in [-0.05, 0) is 76.5 Å². The number of rotatable bonds is 8. The van der Waals surface area contributed by atoms with Crippen LogP contribution in [0.15, 0.2) is 77.7 Å². The maximum atomic E-state index is 13.1. The van der Waals surface area contributed by atoms with Gasteiger partial charge in [0.15, 0.2) is 11.5 Å². The molecule has 0 spiro atoms. The van der Waals surface area contributed by atoms with Crippen molar-refractivity contribution in [1.82, 2.24) is 4.90 Å². The lowest BCUT2D eigenvalue weighted by atomic mass is 10.1. The zero-order chi connectivity index (χ0) is 27.5. The molecule has 0 N–H and O–H groups in total. The molecule has 5 rings (SSSR count). The highest BCUT2D eigenvalue weighted by Crippen LogP contribution is 2.40. The van der Waals surface area contributed by atoms with E-state index in [2.05, 4.69) is 18.2 Å². The summed E-state index contributed by atoms with van der Waals surface area (Å²) in [5, 5.41) is 2.95. The van der Waals surface area contributed by atoms with Gasteiger partial charge in [0.05, 0.1) is 33.1 Å². The Morgan fingerprint density at radius 2 is 1.67 bits per heavy atom. The molecule has 0 saturated carbocycles. The average molecular weight is 599 g/mol. The normalized spacial score (nSPS) is 14.5. The van der Waals surface area contributed by atoms with Gasteiger partial charge in [0.1, 0.15) is 6.61 Å². The summed E-state index contributed by atoms with van der Waals surface area (Å²) < 4.78 is 12.0. The zero-order valence-electron chi connectivity index (χ0n) is 20.7. The van der Waals surface area contributed by atoms with Crippen LogP contribution in [0.4, 0.5) is 4.79 Å². The first-order valence-electron chi connectivity index (χ1n) is 12.1. The lowest BCUT2D eigenvalue weighted by molar-refractivity contribution is -0.123. The molecule has 0 bridgehead atoms. The molecule has 0 aliphatic carbocycles. The SMILES string of the molecule is CCOc1cc(/C=C2\SC(=O)N(Cc3ccc(Cl)c(Cl)c3)C2=O)cc(Cl)c1OCc1cccc2ccccc12. The smallest absolute Gasteiger partial charge is 0.293 e. The lowest BCUT2D eigenvalue weighted by Crippen LogP contribution is -2.27. The van der Waals surface area contributed by atoms with E-state index in [0.29, 0.717) is 50.9 Å². The number of fused-ring (bicyclic) bond motifs is 1. The molecule has 1 fully saturated rings. The Morgan fingerprint density at radius 1 is 0.872 bits per heavy atom. The van der Waals surface area contributed by atoms with Crippen LogP contribution in [0.5, 0.6) is 11.5 Å². The van der Waals surface area contributed by atoms with Crippen LogP contribution < -0.4 is 9.47 Å². The van der Waals surface area contributed by atoms with E-state index < -0.39 is 5.91 Å². The van der Waals surface area contributed by atoms with E-state index in [1.54, 1.807) is 36.4 Å². The summed E-state index contributed by atoms with van der Waals surface area (Å²) in [4.78, 5) is 27.2. The number of nitrogens with zero attached hydrogens (tertiary/aromatic N) is 1. The summed E-state index contributed by atoms with van der Waals surface area (Å²) >= 11 is 19.6. The second-order valence-electron chi connectivity index (χ2n) is 8.71. The molecule has 9 heteroatoms. The second-order valence-corrected chi connectivity index (χ2v) is 10.9. The van der Waals surface area contributed by atoms with E-state index in [4.69, 9.17) is 44.3 Å². The van der Waals surface area contributed by atoms with E-state index in [-0.39, 0.29) is 16.7 Å². The summed E-state index contributed by atoms with van der Waals surface area (Å²) in [6.45, 7) is 2.65. The van der Waals surface area contributed by atoms with Gasteiger partial charge in [0, 0.05) is 0 Å². The minimum absolute atomic E-state index is 0.0881. The number of hydrogen-bond donors (Lipinski definition) is 0. The number of imide groups is 1. The van der Waals surface area contributed by atoms with Crippen LogP contribution in [-0.4, -0.2) is 22.7 Å². The van der Waals surface area contributed by atoms with Crippen molar-refractivity contribution in [3.63, 3.8) is 0 Å².